The fourth-order valence-corrected chi connectivity index (χ4v) is 7.34. The van der Waals surface area contributed by atoms with Crippen molar-refractivity contribution in [2.45, 2.75) is 64.1 Å². The fraction of sp³-hybridized carbons (Fsp3) is 0.406. The molecule has 42 heavy (non-hydrogen) atoms. The third-order valence-corrected chi connectivity index (χ3v) is 9.56. The lowest BCUT2D eigenvalue weighted by Crippen LogP contribution is -2.66. The van der Waals surface area contributed by atoms with Gasteiger partial charge in [-0.05, 0) is 61.0 Å². The number of nitrogens with zero attached hydrogens (tertiary/aromatic N) is 3. The Hall–Kier alpha value is -3.63. The predicted octanol–water partition coefficient (Wildman–Crippen LogP) is 4.27. The summed E-state index contributed by atoms with van der Waals surface area (Å²) in [5, 5.41) is 2.78. The Balaban J connectivity index is 1.36. The molecule has 3 aliphatic rings. The number of carbonyl (C=O) groups is 2. The summed E-state index contributed by atoms with van der Waals surface area (Å²) in [6, 6.07) is 15.6. The molecular weight excluding hydrogens is 555 g/mol. The number of halogens is 1. The molecule has 0 saturated carbocycles. The molecule has 0 radical (unpaired) electrons. The Bertz CT molecular complexity index is 1510. The normalized spacial score (nSPS) is 21.0. The van der Waals surface area contributed by atoms with Gasteiger partial charge in [0.1, 0.15) is 24.2 Å². The summed E-state index contributed by atoms with van der Waals surface area (Å²) in [6.07, 6.45) is 4.37. The molecule has 0 bridgehead atoms. The third-order valence-electron chi connectivity index (χ3n) is 8.52. The number of nitrogens with one attached hydrogen (secondary N) is 1. The maximum Gasteiger partial charge on any atom is 0.276 e. The highest BCUT2D eigenvalue weighted by molar-refractivity contribution is 7.99. The molecule has 2 fully saturated rings. The predicted molar refractivity (Wildman–Crippen MR) is 160 cm³/mol. The summed E-state index contributed by atoms with van der Waals surface area (Å²) in [6.45, 7) is 3.62. The van der Waals surface area contributed by atoms with Crippen LogP contribution in [0.3, 0.4) is 0 Å². The van der Waals surface area contributed by atoms with Crippen LogP contribution < -0.4 is 15.5 Å². The van der Waals surface area contributed by atoms with Gasteiger partial charge in [-0.1, -0.05) is 42.5 Å². The van der Waals surface area contributed by atoms with Gasteiger partial charge < -0.3 is 19.5 Å². The largest absolute Gasteiger partial charge is 0.483 e. The van der Waals surface area contributed by atoms with Crippen LogP contribution in [0.5, 0.6) is 5.75 Å². The number of aromatic nitrogens is 1. The second kappa shape index (κ2) is 12.3. The van der Waals surface area contributed by atoms with Crippen LogP contribution in [0.25, 0.3) is 0 Å². The van der Waals surface area contributed by atoms with Gasteiger partial charge in [0.15, 0.2) is 11.4 Å². The maximum atomic E-state index is 14.2. The van der Waals surface area contributed by atoms with Crippen molar-refractivity contribution < 1.29 is 18.7 Å². The van der Waals surface area contributed by atoms with E-state index in [9.17, 15) is 18.8 Å². The van der Waals surface area contributed by atoms with Crippen LogP contribution in [0.2, 0.25) is 0 Å². The van der Waals surface area contributed by atoms with Crippen LogP contribution in [0.1, 0.15) is 58.2 Å². The highest BCUT2D eigenvalue weighted by Crippen LogP contribution is 2.35. The van der Waals surface area contributed by atoms with Crippen LogP contribution in [-0.4, -0.2) is 62.5 Å². The molecule has 4 heterocycles. The van der Waals surface area contributed by atoms with Crippen molar-refractivity contribution in [2.75, 3.05) is 18.1 Å². The molecule has 2 unspecified atom stereocenters. The summed E-state index contributed by atoms with van der Waals surface area (Å²) >= 11 is 1.97. The Labute approximate surface area is 248 Å². The van der Waals surface area contributed by atoms with Crippen LogP contribution >= 0.6 is 11.8 Å². The van der Waals surface area contributed by atoms with Crippen molar-refractivity contribution in [3.8, 4) is 5.75 Å². The fourth-order valence-electron chi connectivity index (χ4n) is 6.26. The lowest BCUT2D eigenvalue weighted by Gasteiger charge is -2.53. The molecule has 0 spiro atoms. The number of ether oxygens (including phenoxy) is 1. The number of fused-ring (bicyclic) bond motifs is 2. The average Bonchev–Trinajstić information content (AvgIpc) is 3.01. The first-order valence-corrected chi connectivity index (χ1v) is 15.7. The van der Waals surface area contributed by atoms with Gasteiger partial charge in [-0.15, -0.1) is 0 Å². The second-order valence-electron chi connectivity index (χ2n) is 11.2. The average molecular weight is 591 g/mol. The van der Waals surface area contributed by atoms with E-state index in [4.69, 9.17) is 4.74 Å². The molecule has 8 nitrogen and oxygen atoms in total. The van der Waals surface area contributed by atoms with E-state index in [1.54, 1.807) is 16.7 Å². The van der Waals surface area contributed by atoms with Gasteiger partial charge in [0, 0.05) is 31.4 Å². The molecule has 3 aliphatic heterocycles. The van der Waals surface area contributed by atoms with Gasteiger partial charge in [-0.3, -0.25) is 19.3 Å². The van der Waals surface area contributed by atoms with Gasteiger partial charge in [-0.2, -0.15) is 11.8 Å². The number of pyridine rings is 1. The van der Waals surface area contributed by atoms with E-state index in [-0.39, 0.29) is 54.1 Å². The standard InChI is InChI=1S/C32H35FN4O4S/c1-21-11-14-36(25-12-15-42-16-13-25)27-19-35-18-26(31(39)34-17-22-7-9-24(33)10-8-22)29(38)30(28(35)32(40)37(21)27)41-20-23-5-3-2-4-6-23/h2-10,18,21,25,27H,11-17,19-20H2,1H3,(H,34,39). The van der Waals surface area contributed by atoms with Gasteiger partial charge in [0.05, 0.1) is 6.54 Å². The van der Waals surface area contributed by atoms with E-state index in [2.05, 4.69) is 17.1 Å². The summed E-state index contributed by atoms with van der Waals surface area (Å²) in [5.74, 6) is 0.932. The van der Waals surface area contributed by atoms with Crippen LogP contribution in [0, 0.1) is 5.82 Å². The molecule has 6 rings (SSSR count). The zero-order valence-corrected chi connectivity index (χ0v) is 24.4. The number of thioether (sulfide) groups is 1. The molecule has 2 saturated heterocycles. The minimum absolute atomic E-state index is 0.0150. The number of hydrogen-bond acceptors (Lipinski definition) is 6. The summed E-state index contributed by atoms with van der Waals surface area (Å²) in [7, 11) is 0. The zero-order chi connectivity index (χ0) is 29.2. The zero-order valence-electron chi connectivity index (χ0n) is 23.6. The number of amides is 2. The van der Waals surface area contributed by atoms with Crippen molar-refractivity contribution in [2.24, 2.45) is 0 Å². The van der Waals surface area contributed by atoms with Gasteiger partial charge in [0.25, 0.3) is 11.8 Å². The number of hydrogen-bond donors (Lipinski definition) is 1. The smallest absolute Gasteiger partial charge is 0.276 e. The first-order valence-electron chi connectivity index (χ1n) is 14.5. The molecule has 1 N–H and O–H groups in total. The molecular formula is C32H35FN4O4S. The van der Waals surface area contributed by atoms with Gasteiger partial charge in [0.2, 0.25) is 5.43 Å². The van der Waals surface area contributed by atoms with E-state index < -0.39 is 11.3 Å². The molecule has 2 aromatic carbocycles. The minimum atomic E-state index is -0.619. The first kappa shape index (κ1) is 28.5. The molecule has 3 aromatic rings. The topological polar surface area (TPSA) is 83.9 Å². The minimum Gasteiger partial charge on any atom is -0.483 e. The van der Waals surface area contributed by atoms with E-state index in [0.29, 0.717) is 18.2 Å². The van der Waals surface area contributed by atoms with Gasteiger partial charge in [-0.25, -0.2) is 4.39 Å². The van der Waals surface area contributed by atoms with E-state index in [0.717, 1.165) is 42.9 Å². The highest BCUT2D eigenvalue weighted by atomic mass is 32.2. The lowest BCUT2D eigenvalue weighted by molar-refractivity contribution is -0.0531. The van der Waals surface area contributed by atoms with Crippen LogP contribution in [0.15, 0.2) is 65.6 Å². The van der Waals surface area contributed by atoms with Crippen molar-refractivity contribution in [3.63, 3.8) is 0 Å². The number of rotatable bonds is 7. The van der Waals surface area contributed by atoms with Crippen molar-refractivity contribution in [1.82, 2.24) is 19.7 Å². The molecule has 2 amide bonds. The summed E-state index contributed by atoms with van der Waals surface area (Å²) in [5.41, 5.74) is 1.03. The Kier molecular flexibility index (Phi) is 8.35. The van der Waals surface area contributed by atoms with E-state index in [1.807, 2.05) is 47.0 Å². The van der Waals surface area contributed by atoms with E-state index in [1.165, 1.54) is 18.3 Å². The third kappa shape index (κ3) is 5.70. The van der Waals surface area contributed by atoms with E-state index >= 15 is 0 Å². The Morgan fingerprint density at radius 1 is 1.02 bits per heavy atom. The monoisotopic (exact) mass is 590 g/mol. The highest BCUT2D eigenvalue weighted by Gasteiger charge is 2.45. The second-order valence-corrected chi connectivity index (χ2v) is 12.4. The SMILES string of the molecule is CC1CCN(C2CCSCC2)C2Cn3cc(C(=O)NCc4ccc(F)cc4)c(=O)c(OCc4ccccc4)c3C(=O)N12. The lowest BCUT2D eigenvalue weighted by atomic mass is 9.99. The maximum absolute atomic E-state index is 14.2. The first-order chi connectivity index (χ1) is 20.4. The van der Waals surface area contributed by atoms with Crippen molar-refractivity contribution in [1.29, 1.82) is 0 Å². The Morgan fingerprint density at radius 2 is 1.76 bits per heavy atom. The molecule has 0 aliphatic carbocycles. The van der Waals surface area contributed by atoms with Gasteiger partial charge >= 0.3 is 0 Å². The summed E-state index contributed by atoms with van der Waals surface area (Å²) < 4.78 is 21.2. The van der Waals surface area contributed by atoms with Crippen molar-refractivity contribution >= 4 is 23.6 Å². The molecule has 2 atom stereocenters. The molecule has 220 valence electrons. The number of benzene rings is 2. The quantitative estimate of drug-likeness (QED) is 0.443. The summed E-state index contributed by atoms with van der Waals surface area (Å²) in [4.78, 5) is 45.8. The molecule has 1 aromatic heterocycles. The van der Waals surface area contributed by atoms with Crippen LogP contribution in [0.4, 0.5) is 4.39 Å². The number of carbonyl (C=O) groups excluding carboxylic acids is 2. The van der Waals surface area contributed by atoms with Crippen LogP contribution in [-0.2, 0) is 19.7 Å². The Morgan fingerprint density at radius 3 is 2.50 bits per heavy atom. The molecule has 10 heteroatoms. The van der Waals surface area contributed by atoms with Crippen molar-refractivity contribution in [3.05, 3.63) is 99.2 Å².